The normalized spacial score (nSPS) is 12.7. The first-order valence-corrected chi connectivity index (χ1v) is 8.54. The molecule has 1 unspecified atom stereocenters. The Labute approximate surface area is 136 Å². The second kappa shape index (κ2) is 6.22. The highest BCUT2D eigenvalue weighted by Crippen LogP contribution is 2.33. The molecule has 2 aromatic heterocycles. The molecular formula is C16H16BrN3S. The number of pyridine rings is 1. The molecule has 0 radical (unpaired) electrons. The molecule has 3 rings (SSSR count). The number of fused-ring (bicyclic) bond motifs is 1. The number of rotatable bonds is 4. The van der Waals surface area contributed by atoms with Crippen LogP contribution in [0, 0.1) is 0 Å². The number of halogens is 1. The summed E-state index contributed by atoms with van der Waals surface area (Å²) in [5.41, 5.74) is 1.90. The van der Waals surface area contributed by atoms with Crippen molar-refractivity contribution in [3.63, 3.8) is 0 Å². The van der Waals surface area contributed by atoms with Crippen LogP contribution in [0.15, 0.2) is 41.0 Å². The van der Waals surface area contributed by atoms with Crippen LogP contribution in [0.4, 0.5) is 0 Å². The van der Waals surface area contributed by atoms with E-state index in [1.807, 2.05) is 24.4 Å². The average molecular weight is 362 g/mol. The van der Waals surface area contributed by atoms with Crippen molar-refractivity contribution >= 4 is 38.2 Å². The number of benzene rings is 1. The van der Waals surface area contributed by atoms with Crippen LogP contribution in [0.3, 0.4) is 0 Å². The Morgan fingerprint density at radius 3 is 2.95 bits per heavy atom. The third-order valence-electron chi connectivity index (χ3n) is 3.34. The molecule has 21 heavy (non-hydrogen) atoms. The molecule has 0 aliphatic carbocycles. The number of aromatic nitrogens is 2. The molecule has 2 heterocycles. The Morgan fingerprint density at radius 1 is 1.33 bits per heavy atom. The topological polar surface area (TPSA) is 37.8 Å². The predicted molar refractivity (Wildman–Crippen MR) is 92.6 cm³/mol. The summed E-state index contributed by atoms with van der Waals surface area (Å²) >= 11 is 5.31. The number of hydrogen-bond donors (Lipinski definition) is 1. The van der Waals surface area contributed by atoms with Gasteiger partial charge in [-0.25, -0.2) is 9.97 Å². The van der Waals surface area contributed by atoms with Gasteiger partial charge in [0.25, 0.3) is 0 Å². The minimum atomic E-state index is 0.320. The summed E-state index contributed by atoms with van der Waals surface area (Å²) < 4.78 is 0.984. The van der Waals surface area contributed by atoms with E-state index >= 15 is 0 Å². The van der Waals surface area contributed by atoms with E-state index in [4.69, 9.17) is 4.98 Å². The van der Waals surface area contributed by atoms with Gasteiger partial charge in [-0.3, -0.25) is 0 Å². The Kier molecular flexibility index (Phi) is 4.33. The maximum absolute atomic E-state index is 4.74. The van der Waals surface area contributed by atoms with Crippen molar-refractivity contribution in [1.82, 2.24) is 15.3 Å². The summed E-state index contributed by atoms with van der Waals surface area (Å²) in [6, 6.07) is 10.6. The zero-order valence-electron chi connectivity index (χ0n) is 11.9. The zero-order valence-corrected chi connectivity index (χ0v) is 14.3. The fourth-order valence-electron chi connectivity index (χ4n) is 2.24. The van der Waals surface area contributed by atoms with Gasteiger partial charge in [0.05, 0.1) is 5.52 Å². The van der Waals surface area contributed by atoms with E-state index in [9.17, 15) is 0 Å². The fourth-order valence-corrected chi connectivity index (χ4v) is 3.84. The van der Waals surface area contributed by atoms with Gasteiger partial charge in [-0.2, -0.15) is 0 Å². The SMILES string of the molecule is CCNC(C)c1cnc(-c2nc3ccccc3cc2Br)s1. The summed E-state index contributed by atoms with van der Waals surface area (Å²) in [5.74, 6) is 0. The molecule has 1 atom stereocenters. The van der Waals surface area contributed by atoms with Crippen molar-refractivity contribution in [1.29, 1.82) is 0 Å². The third-order valence-corrected chi connectivity index (χ3v) is 5.13. The van der Waals surface area contributed by atoms with Gasteiger partial charge >= 0.3 is 0 Å². The lowest BCUT2D eigenvalue weighted by Crippen LogP contribution is -2.16. The Balaban J connectivity index is 2.02. The van der Waals surface area contributed by atoms with Crippen LogP contribution in [0.1, 0.15) is 24.8 Å². The number of nitrogens with zero attached hydrogens (tertiary/aromatic N) is 2. The molecule has 5 heteroatoms. The monoisotopic (exact) mass is 361 g/mol. The molecule has 0 amide bonds. The lowest BCUT2D eigenvalue weighted by molar-refractivity contribution is 0.606. The molecule has 0 aliphatic heterocycles. The summed E-state index contributed by atoms with van der Waals surface area (Å²) in [4.78, 5) is 10.5. The first kappa shape index (κ1) is 14.6. The first-order valence-electron chi connectivity index (χ1n) is 6.93. The number of nitrogens with one attached hydrogen (secondary N) is 1. The third kappa shape index (κ3) is 3.00. The minimum Gasteiger partial charge on any atom is -0.310 e. The van der Waals surface area contributed by atoms with Gasteiger partial charge in [-0.05, 0) is 41.5 Å². The number of para-hydroxylation sites is 1. The molecule has 1 aromatic carbocycles. The number of thiazole rings is 1. The highest BCUT2D eigenvalue weighted by molar-refractivity contribution is 9.10. The van der Waals surface area contributed by atoms with Crippen LogP contribution in [-0.4, -0.2) is 16.5 Å². The van der Waals surface area contributed by atoms with Crippen LogP contribution in [0.5, 0.6) is 0 Å². The van der Waals surface area contributed by atoms with Crippen molar-refractivity contribution in [2.75, 3.05) is 6.54 Å². The molecule has 0 spiro atoms. The van der Waals surface area contributed by atoms with E-state index < -0.39 is 0 Å². The van der Waals surface area contributed by atoms with E-state index in [0.717, 1.165) is 32.6 Å². The average Bonchev–Trinajstić information content (AvgIpc) is 2.96. The molecule has 0 bridgehead atoms. The molecule has 0 saturated carbocycles. The fraction of sp³-hybridized carbons (Fsp3) is 0.250. The second-order valence-corrected chi connectivity index (χ2v) is 6.78. The van der Waals surface area contributed by atoms with Crippen LogP contribution in [0.25, 0.3) is 21.6 Å². The van der Waals surface area contributed by atoms with Crippen molar-refractivity contribution in [3.8, 4) is 10.7 Å². The van der Waals surface area contributed by atoms with E-state index in [-0.39, 0.29) is 0 Å². The predicted octanol–water partition coefficient (Wildman–Crippen LogP) is 4.79. The molecule has 108 valence electrons. The lowest BCUT2D eigenvalue weighted by Gasteiger charge is -2.08. The molecule has 0 fully saturated rings. The van der Waals surface area contributed by atoms with Crippen molar-refractivity contribution in [2.24, 2.45) is 0 Å². The van der Waals surface area contributed by atoms with Gasteiger partial charge in [0.1, 0.15) is 10.7 Å². The van der Waals surface area contributed by atoms with Crippen molar-refractivity contribution < 1.29 is 0 Å². The van der Waals surface area contributed by atoms with E-state index in [1.54, 1.807) is 11.3 Å². The molecule has 0 saturated heterocycles. The summed E-state index contributed by atoms with van der Waals surface area (Å²) in [6.45, 7) is 5.22. The van der Waals surface area contributed by atoms with Gasteiger partial charge < -0.3 is 5.32 Å². The van der Waals surface area contributed by atoms with E-state index in [0.29, 0.717) is 6.04 Å². The Hall–Kier alpha value is -1.30. The van der Waals surface area contributed by atoms with Gasteiger partial charge in [0.15, 0.2) is 0 Å². The van der Waals surface area contributed by atoms with Crippen LogP contribution in [0.2, 0.25) is 0 Å². The van der Waals surface area contributed by atoms with Crippen LogP contribution in [-0.2, 0) is 0 Å². The molecule has 1 N–H and O–H groups in total. The maximum atomic E-state index is 4.74. The Bertz CT molecular complexity index is 769. The molecular weight excluding hydrogens is 346 g/mol. The highest BCUT2D eigenvalue weighted by atomic mass is 79.9. The molecule has 0 aliphatic rings. The minimum absolute atomic E-state index is 0.320. The highest BCUT2D eigenvalue weighted by Gasteiger charge is 2.14. The Morgan fingerprint density at radius 2 is 2.14 bits per heavy atom. The molecule has 3 aromatic rings. The lowest BCUT2D eigenvalue weighted by atomic mass is 10.2. The van der Waals surface area contributed by atoms with Gasteiger partial charge in [-0.1, -0.05) is 25.1 Å². The van der Waals surface area contributed by atoms with Crippen molar-refractivity contribution in [3.05, 3.63) is 45.9 Å². The maximum Gasteiger partial charge on any atom is 0.143 e. The first-order chi connectivity index (χ1) is 10.2. The summed E-state index contributed by atoms with van der Waals surface area (Å²) in [5, 5.41) is 5.49. The summed E-state index contributed by atoms with van der Waals surface area (Å²) in [7, 11) is 0. The van der Waals surface area contributed by atoms with Crippen LogP contribution >= 0.6 is 27.3 Å². The molecule has 3 nitrogen and oxygen atoms in total. The van der Waals surface area contributed by atoms with E-state index in [1.165, 1.54) is 4.88 Å². The summed E-state index contributed by atoms with van der Waals surface area (Å²) in [6.07, 6.45) is 1.94. The zero-order chi connectivity index (χ0) is 14.8. The van der Waals surface area contributed by atoms with Gasteiger partial charge in [-0.15, -0.1) is 11.3 Å². The van der Waals surface area contributed by atoms with Gasteiger partial charge in [0, 0.05) is 27.0 Å². The largest absolute Gasteiger partial charge is 0.310 e. The van der Waals surface area contributed by atoms with Gasteiger partial charge in [0.2, 0.25) is 0 Å². The van der Waals surface area contributed by atoms with E-state index in [2.05, 4.69) is 52.2 Å². The quantitative estimate of drug-likeness (QED) is 0.725. The van der Waals surface area contributed by atoms with Crippen LogP contribution < -0.4 is 5.32 Å². The standard InChI is InChI=1S/C16H16BrN3S/c1-3-18-10(2)14-9-19-16(21-14)15-12(17)8-11-6-4-5-7-13(11)20-15/h4-10,18H,3H2,1-2H3. The van der Waals surface area contributed by atoms with Crippen molar-refractivity contribution in [2.45, 2.75) is 19.9 Å². The smallest absolute Gasteiger partial charge is 0.143 e. The number of hydrogen-bond acceptors (Lipinski definition) is 4. The second-order valence-electron chi connectivity index (χ2n) is 4.86.